The Kier molecular flexibility index (Phi) is 5.59. The van der Waals surface area contributed by atoms with Gasteiger partial charge in [-0.15, -0.1) is 11.3 Å². The molecule has 1 amide bonds. The lowest BCUT2D eigenvalue weighted by Crippen LogP contribution is -2.29. The molecule has 0 aliphatic carbocycles. The van der Waals surface area contributed by atoms with E-state index in [0.29, 0.717) is 0 Å². The van der Waals surface area contributed by atoms with Crippen LogP contribution in [0, 0.1) is 5.82 Å². The Balaban J connectivity index is 1.94. The predicted octanol–water partition coefficient (Wildman–Crippen LogP) is 5.76. The molecule has 3 rings (SSSR count). The summed E-state index contributed by atoms with van der Waals surface area (Å²) in [5, 5.41) is 4.96. The molecule has 0 saturated heterocycles. The number of rotatable bonds is 4. The van der Waals surface area contributed by atoms with E-state index in [1.807, 2.05) is 17.5 Å². The second-order valence-electron chi connectivity index (χ2n) is 5.06. The number of nitrogens with zero attached hydrogens (tertiary/aromatic N) is 1. The molecule has 8 heteroatoms. The van der Waals surface area contributed by atoms with Crippen molar-refractivity contribution in [1.82, 2.24) is 10.3 Å². The van der Waals surface area contributed by atoms with Crippen LogP contribution in [0.25, 0.3) is 0 Å². The van der Waals surface area contributed by atoms with E-state index in [1.165, 1.54) is 29.7 Å². The number of hydrogen-bond donors (Lipinski definition) is 1. The largest absolute Gasteiger partial charge is 0.339 e. The molecule has 0 spiro atoms. The predicted molar refractivity (Wildman–Crippen MR) is 99.3 cm³/mol. The van der Waals surface area contributed by atoms with Crippen molar-refractivity contribution in [3.05, 3.63) is 85.0 Å². The van der Waals surface area contributed by atoms with Crippen LogP contribution in [0.1, 0.15) is 27.0 Å². The average Bonchev–Trinajstić information content (AvgIpc) is 3.13. The molecule has 1 N–H and O–H groups in total. The zero-order chi connectivity index (χ0) is 18.0. The van der Waals surface area contributed by atoms with Crippen LogP contribution >= 0.6 is 46.1 Å². The first-order valence-corrected chi connectivity index (χ1v) is 9.08. The fourth-order valence-electron chi connectivity index (χ4n) is 2.23. The highest BCUT2D eigenvalue weighted by atomic mass is 35.5. The number of aromatic nitrogens is 1. The van der Waals surface area contributed by atoms with Crippen molar-refractivity contribution in [3.8, 4) is 0 Å². The van der Waals surface area contributed by atoms with E-state index in [1.54, 1.807) is 12.1 Å². The van der Waals surface area contributed by atoms with E-state index < -0.39 is 11.9 Å². The topological polar surface area (TPSA) is 42.0 Å². The molecule has 2 heterocycles. The van der Waals surface area contributed by atoms with Gasteiger partial charge >= 0.3 is 0 Å². The van der Waals surface area contributed by atoms with Gasteiger partial charge in [0.25, 0.3) is 5.91 Å². The van der Waals surface area contributed by atoms with E-state index >= 15 is 0 Å². The number of nitrogens with one attached hydrogen (secondary N) is 1. The lowest BCUT2D eigenvalue weighted by molar-refractivity contribution is 0.0938. The molecule has 25 heavy (non-hydrogen) atoms. The molecule has 0 bridgehead atoms. The number of carbonyl (C=O) groups excluding carboxylic acids is 1. The first-order valence-electron chi connectivity index (χ1n) is 7.06. The third-order valence-corrected chi connectivity index (χ3v) is 5.62. The first-order chi connectivity index (χ1) is 12.0. The molecule has 2 aromatic heterocycles. The Morgan fingerprint density at radius 1 is 1.12 bits per heavy atom. The minimum atomic E-state index is -0.508. The molecule has 1 atom stereocenters. The lowest BCUT2D eigenvalue weighted by atomic mass is 10.0. The van der Waals surface area contributed by atoms with Crippen molar-refractivity contribution >= 4 is 52.0 Å². The molecule has 0 aliphatic heterocycles. The van der Waals surface area contributed by atoms with Gasteiger partial charge in [-0.05, 0) is 29.1 Å². The van der Waals surface area contributed by atoms with Gasteiger partial charge in [0.2, 0.25) is 0 Å². The minimum Gasteiger partial charge on any atom is -0.339 e. The molecule has 128 valence electrons. The number of halogens is 4. The van der Waals surface area contributed by atoms with Crippen LogP contribution in [-0.4, -0.2) is 10.9 Å². The lowest BCUT2D eigenvalue weighted by Gasteiger charge is -2.18. The number of benzene rings is 1. The van der Waals surface area contributed by atoms with Gasteiger partial charge in [0.15, 0.2) is 0 Å². The third kappa shape index (κ3) is 3.96. The van der Waals surface area contributed by atoms with Gasteiger partial charge < -0.3 is 5.32 Å². The maximum absolute atomic E-state index is 13.2. The SMILES string of the molecule is O=C(N[C@@H](c1ccc(F)cc1)c1cccs1)c1ncc(Cl)c(Cl)c1Cl. The van der Waals surface area contributed by atoms with Crippen LogP contribution in [-0.2, 0) is 0 Å². The molecule has 3 nitrogen and oxygen atoms in total. The Morgan fingerprint density at radius 3 is 2.48 bits per heavy atom. The van der Waals surface area contributed by atoms with Gasteiger partial charge in [-0.2, -0.15) is 0 Å². The van der Waals surface area contributed by atoms with Gasteiger partial charge in [-0.3, -0.25) is 4.79 Å². The molecule has 1 aromatic carbocycles. The number of amides is 1. The molecular formula is C17H10Cl3FN2OS. The zero-order valence-corrected chi connectivity index (χ0v) is 15.6. The Hall–Kier alpha value is -1.66. The Morgan fingerprint density at radius 2 is 1.84 bits per heavy atom. The van der Waals surface area contributed by atoms with Gasteiger partial charge in [0, 0.05) is 11.1 Å². The highest BCUT2D eigenvalue weighted by Crippen LogP contribution is 2.32. The highest BCUT2D eigenvalue weighted by molar-refractivity contribution is 7.10. The average molecular weight is 416 g/mol. The zero-order valence-electron chi connectivity index (χ0n) is 12.5. The summed E-state index contributed by atoms with van der Waals surface area (Å²) in [6, 6.07) is 9.18. The van der Waals surface area contributed by atoms with E-state index in [-0.39, 0.29) is 26.6 Å². The van der Waals surface area contributed by atoms with Crippen molar-refractivity contribution < 1.29 is 9.18 Å². The molecule has 0 aliphatic rings. The van der Waals surface area contributed by atoms with Gasteiger partial charge in [-0.1, -0.05) is 53.0 Å². The normalized spacial score (nSPS) is 12.0. The van der Waals surface area contributed by atoms with E-state index in [4.69, 9.17) is 34.8 Å². The summed E-state index contributed by atoms with van der Waals surface area (Å²) in [6.07, 6.45) is 1.27. The number of hydrogen-bond acceptors (Lipinski definition) is 3. The summed E-state index contributed by atoms with van der Waals surface area (Å²) < 4.78 is 13.2. The van der Waals surface area contributed by atoms with Crippen LogP contribution in [0.15, 0.2) is 48.0 Å². The van der Waals surface area contributed by atoms with Gasteiger partial charge in [-0.25, -0.2) is 9.37 Å². The second-order valence-corrected chi connectivity index (χ2v) is 7.20. The summed E-state index contributed by atoms with van der Waals surface area (Å²) in [5.74, 6) is -0.861. The molecule has 0 fully saturated rings. The third-order valence-electron chi connectivity index (χ3n) is 3.44. The van der Waals surface area contributed by atoms with Crippen molar-refractivity contribution in [2.24, 2.45) is 0 Å². The molecule has 0 unspecified atom stereocenters. The Bertz CT molecular complexity index is 901. The highest BCUT2D eigenvalue weighted by Gasteiger charge is 2.23. The maximum Gasteiger partial charge on any atom is 0.272 e. The smallest absolute Gasteiger partial charge is 0.272 e. The minimum absolute atomic E-state index is 0.0179. The van der Waals surface area contributed by atoms with Crippen molar-refractivity contribution in [1.29, 1.82) is 0 Å². The van der Waals surface area contributed by atoms with Crippen LogP contribution in [0.5, 0.6) is 0 Å². The number of thiophene rings is 1. The maximum atomic E-state index is 13.2. The number of carbonyl (C=O) groups is 1. The summed E-state index contributed by atoms with van der Waals surface area (Å²) >= 11 is 19.4. The molecular weight excluding hydrogens is 406 g/mol. The molecule has 0 radical (unpaired) electrons. The van der Waals surface area contributed by atoms with Crippen molar-refractivity contribution in [3.63, 3.8) is 0 Å². The van der Waals surface area contributed by atoms with Crippen LogP contribution in [0.4, 0.5) is 4.39 Å². The van der Waals surface area contributed by atoms with E-state index in [9.17, 15) is 9.18 Å². The van der Waals surface area contributed by atoms with Gasteiger partial charge in [0.1, 0.15) is 11.5 Å². The first kappa shape index (κ1) is 18.1. The number of pyridine rings is 1. The van der Waals surface area contributed by atoms with Crippen LogP contribution in [0.3, 0.4) is 0 Å². The molecule has 3 aromatic rings. The summed E-state index contributed by atoms with van der Waals surface area (Å²) in [7, 11) is 0. The van der Waals surface area contributed by atoms with E-state index in [0.717, 1.165) is 10.4 Å². The van der Waals surface area contributed by atoms with Crippen LogP contribution < -0.4 is 5.32 Å². The fourth-order valence-corrected chi connectivity index (χ4v) is 3.60. The summed E-state index contributed by atoms with van der Waals surface area (Å²) in [4.78, 5) is 17.5. The van der Waals surface area contributed by atoms with E-state index in [2.05, 4.69) is 10.3 Å². The van der Waals surface area contributed by atoms with Crippen LogP contribution in [0.2, 0.25) is 15.1 Å². The van der Waals surface area contributed by atoms with Gasteiger partial charge in [0.05, 0.1) is 21.1 Å². The Labute approximate surface area is 162 Å². The fraction of sp³-hybridized carbons (Fsp3) is 0.0588. The van der Waals surface area contributed by atoms with Crippen molar-refractivity contribution in [2.45, 2.75) is 6.04 Å². The standard InChI is InChI=1S/C17H10Cl3FN2OS/c18-11-8-22-16(14(20)13(11)19)17(24)23-15(12-2-1-7-25-12)9-3-5-10(21)6-4-9/h1-8,15H,(H,23,24)/t15-/m0/s1. The monoisotopic (exact) mass is 414 g/mol. The summed E-state index contributed by atoms with van der Waals surface area (Å²) in [5.41, 5.74) is 0.702. The summed E-state index contributed by atoms with van der Waals surface area (Å²) in [6.45, 7) is 0. The quantitative estimate of drug-likeness (QED) is 0.588. The second kappa shape index (κ2) is 7.70. The molecule has 0 saturated carbocycles. The van der Waals surface area contributed by atoms with Crippen molar-refractivity contribution in [2.75, 3.05) is 0 Å².